The lowest BCUT2D eigenvalue weighted by molar-refractivity contribution is -0.776. The van der Waals surface area contributed by atoms with Crippen molar-refractivity contribution < 1.29 is 93.1 Å². The van der Waals surface area contributed by atoms with E-state index in [-0.39, 0.29) is 38.6 Å². The third kappa shape index (κ3) is 27.8. The molecule has 3 aliphatic rings. The second-order valence-electron chi connectivity index (χ2n) is 10.6. The average molecular weight is 824 g/mol. The monoisotopic (exact) mass is 823 g/mol. The van der Waals surface area contributed by atoms with E-state index in [9.17, 15) is 19.8 Å². The van der Waals surface area contributed by atoms with Crippen LogP contribution >= 0.6 is 0 Å². The topological polar surface area (TPSA) is 477 Å². The van der Waals surface area contributed by atoms with Crippen LogP contribution in [-0.4, -0.2) is 173 Å². The van der Waals surface area contributed by atoms with E-state index < -0.39 is 97.4 Å². The van der Waals surface area contributed by atoms with E-state index in [0.29, 0.717) is 25.2 Å². The largest absolute Gasteiger partial charge is 0.748 e. The lowest BCUT2D eigenvalue weighted by Gasteiger charge is -2.11. The van der Waals surface area contributed by atoms with Gasteiger partial charge in [-0.05, 0) is 0 Å². The third-order valence-electron chi connectivity index (χ3n) is 5.62. The molecule has 0 saturated carbocycles. The Hall–Kier alpha value is -2.79. The van der Waals surface area contributed by atoms with Gasteiger partial charge in [0.25, 0.3) is 0 Å². The number of nitrogen functional groups attached to an aromatic ring is 1. The highest BCUT2D eigenvalue weighted by Crippen LogP contribution is 2.23. The molecule has 0 bridgehead atoms. The number of amides is 2. The van der Waals surface area contributed by atoms with E-state index in [0.717, 1.165) is 0 Å². The summed E-state index contributed by atoms with van der Waals surface area (Å²) in [5, 5.41) is 56.1. The van der Waals surface area contributed by atoms with Crippen LogP contribution in [0.15, 0.2) is 11.1 Å². The number of nitrogens with one attached hydrogen (secondary N) is 2. The highest BCUT2D eigenvalue weighted by Gasteiger charge is 2.37. The van der Waals surface area contributed by atoms with Gasteiger partial charge in [0.1, 0.15) is 30.8 Å². The van der Waals surface area contributed by atoms with E-state index in [1.165, 1.54) is 10.9 Å². The lowest BCUT2D eigenvalue weighted by atomic mass is 10.2. The molecule has 3 saturated heterocycles. The first kappa shape index (κ1) is 51.3. The van der Waals surface area contributed by atoms with Crippen molar-refractivity contribution in [2.45, 2.75) is 74.6 Å². The maximum absolute atomic E-state index is 11.5. The predicted octanol–water partition coefficient (Wildman–Crippen LogP) is -8.70. The maximum Gasteiger partial charge on any atom is 0.446 e. The van der Waals surface area contributed by atoms with E-state index in [2.05, 4.69) is 15.3 Å². The summed E-state index contributed by atoms with van der Waals surface area (Å²) in [6.07, 6.45) is -1.56. The molecular formula is C22H45N7O20S3-2. The highest BCUT2D eigenvalue weighted by molar-refractivity contribution is 7.85. The summed E-state index contributed by atoms with van der Waals surface area (Å²) in [5.74, 6) is 0.0125. The van der Waals surface area contributed by atoms with Gasteiger partial charge in [-0.2, -0.15) is 9.55 Å². The van der Waals surface area contributed by atoms with Gasteiger partial charge >= 0.3 is 17.7 Å². The summed E-state index contributed by atoms with van der Waals surface area (Å²) in [7, 11) is -11.8. The number of rotatable bonds is 5. The number of aliphatic hydroxyl groups excluding tert-OH is 6. The highest BCUT2D eigenvalue weighted by atomic mass is 32.2. The average Bonchev–Trinajstić information content (AvgIpc) is 3.60. The van der Waals surface area contributed by atoms with Crippen LogP contribution in [0.5, 0.6) is 0 Å². The summed E-state index contributed by atoms with van der Waals surface area (Å²) in [4.78, 5) is 27.9. The van der Waals surface area contributed by atoms with Gasteiger partial charge in [-0.15, -0.1) is 0 Å². The van der Waals surface area contributed by atoms with E-state index in [1.807, 2.05) is 0 Å². The number of aromatic amines is 1. The minimum Gasteiger partial charge on any atom is -0.748 e. The molecule has 30 heteroatoms. The van der Waals surface area contributed by atoms with Gasteiger partial charge in [-0.1, -0.05) is 4.98 Å². The molecule has 0 unspecified atom stereocenters. The van der Waals surface area contributed by atoms with Gasteiger partial charge in [0.15, 0.2) is 6.23 Å². The molecule has 27 nitrogen and oxygen atoms in total. The first-order valence-corrected chi connectivity index (χ1v) is 19.6. The Kier molecular flexibility index (Phi) is 23.5. The lowest BCUT2D eigenvalue weighted by Crippen LogP contribution is -2.55. The summed E-state index contributed by atoms with van der Waals surface area (Å²) in [6.45, 7) is -0.717. The maximum atomic E-state index is 11.5. The predicted molar refractivity (Wildman–Crippen MR) is 168 cm³/mol. The Bertz CT molecular complexity index is 1490. The quantitative estimate of drug-likeness (QED) is 0.0970. The number of aromatic nitrogens is 3. The van der Waals surface area contributed by atoms with Gasteiger partial charge in [0.2, 0.25) is 6.33 Å². The number of ether oxygens (including phenoxy) is 3. The minimum atomic E-state index is -3.92. The zero-order valence-electron chi connectivity index (χ0n) is 27.8. The summed E-state index contributed by atoms with van der Waals surface area (Å²) in [5.41, 5.74) is 15.0. The van der Waals surface area contributed by atoms with E-state index in [4.69, 9.17) is 90.7 Å². The number of hydrogen-bond donors (Lipinski definition) is 11. The Morgan fingerprint density at radius 3 is 1.54 bits per heavy atom. The molecule has 14 N–H and O–H groups in total. The molecule has 1 aromatic rings. The fourth-order valence-electron chi connectivity index (χ4n) is 3.71. The van der Waals surface area contributed by atoms with Crippen molar-refractivity contribution in [2.75, 3.05) is 44.3 Å². The molecule has 4 heterocycles. The molecule has 3 aliphatic heterocycles. The number of anilines is 1. The van der Waals surface area contributed by atoms with Crippen molar-refractivity contribution in [1.82, 2.24) is 15.3 Å². The molecule has 9 atom stereocenters. The fraction of sp³-hybridized carbons (Fsp3) is 0.818. The van der Waals surface area contributed by atoms with Crippen LogP contribution in [0.2, 0.25) is 0 Å². The first-order chi connectivity index (χ1) is 23.5. The van der Waals surface area contributed by atoms with Crippen molar-refractivity contribution in [3.8, 4) is 0 Å². The molecule has 3 fully saturated rings. The minimum absolute atomic E-state index is 0.0125. The van der Waals surface area contributed by atoms with Crippen molar-refractivity contribution in [1.29, 1.82) is 0 Å². The van der Waals surface area contributed by atoms with Crippen molar-refractivity contribution in [2.24, 2.45) is 11.5 Å². The summed E-state index contributed by atoms with van der Waals surface area (Å²) in [6, 6.07) is -0.703. The number of aliphatic hydroxyl groups is 6. The molecule has 0 aromatic carbocycles. The SMILES string of the molecule is CS(=O)(=O)[O-].CS(=O)(=O)[O-].CS(=O)(=O)[O-].NC(=O)N[C@H]1C[C@@H](O)[C@@H](CO)O1.N[C@H]1C[C@@H](O)[C@@H](CO)O1.Nc1nc[n+]([C@H]2C[C@@H](O)[C@@H](CO)O2)c(=O)[nH]1. The Morgan fingerprint density at radius 1 is 0.846 bits per heavy atom. The molecule has 0 radical (unpaired) electrons. The number of carbonyl (C=O) groups is 1. The fourth-order valence-corrected chi connectivity index (χ4v) is 3.71. The number of nitrogens with zero attached hydrogens (tertiary/aromatic N) is 2. The number of nitrogens with two attached hydrogens (primary N) is 3. The van der Waals surface area contributed by atoms with Crippen LogP contribution in [0, 0.1) is 0 Å². The normalized spacial score (nSPS) is 28.1. The zero-order chi connectivity index (χ0) is 41.2. The van der Waals surface area contributed by atoms with Gasteiger partial charge in [0.05, 0.1) is 68.5 Å². The second-order valence-corrected chi connectivity index (χ2v) is 14.8. The van der Waals surface area contributed by atoms with Gasteiger partial charge in [-0.25, -0.2) is 34.8 Å². The molecule has 1 aromatic heterocycles. The molecule has 52 heavy (non-hydrogen) atoms. The number of H-pyrrole nitrogens is 1. The molecule has 0 aliphatic carbocycles. The van der Waals surface area contributed by atoms with Crippen LogP contribution < -0.4 is 32.8 Å². The molecule has 2 amide bonds. The number of urea groups is 1. The van der Waals surface area contributed by atoms with Crippen LogP contribution in [0.3, 0.4) is 0 Å². The van der Waals surface area contributed by atoms with Crippen LogP contribution in [-0.2, 0) is 44.6 Å². The Labute approximate surface area is 297 Å². The summed E-state index contributed by atoms with van der Waals surface area (Å²) < 4.78 is 98.1. The van der Waals surface area contributed by atoms with Crippen molar-refractivity contribution >= 4 is 42.3 Å². The number of hydrogen-bond acceptors (Lipinski definition) is 23. The van der Waals surface area contributed by atoms with E-state index >= 15 is 0 Å². The molecule has 308 valence electrons. The standard InChI is InChI=1S/C8H12N4O4.C6H12N2O4.C5H11NO3.3CH4O3S/c9-7-10-3-12(8(15)11-7)6-1-4(14)5(2-13)16-6;7-6(11)8-5-1-3(10)4(2-9)12-5;6-5-1-3(8)4(2-7)9-5;3*1-5(2,3)4/h3-6,13-14H,1-2H2,(H2,9,11,15);3-5,9-10H,1-2H2,(H3,7,8,11);3-5,7-8H,1-2,6H2;3*1H3,(H,2,3,4)/p-2/t4-,5-,6-;2*3-,4-,5-;;;/m111.../s1. The van der Waals surface area contributed by atoms with Gasteiger partial charge < -0.3 is 81.0 Å². The first-order valence-electron chi connectivity index (χ1n) is 14.1. The van der Waals surface area contributed by atoms with E-state index in [1.54, 1.807) is 0 Å². The molecule has 4 rings (SSSR count). The number of primary amides is 1. The second kappa shape index (κ2) is 23.8. The van der Waals surface area contributed by atoms with Crippen molar-refractivity contribution in [3.63, 3.8) is 0 Å². The van der Waals surface area contributed by atoms with Gasteiger partial charge in [-0.3, -0.25) is 0 Å². The summed E-state index contributed by atoms with van der Waals surface area (Å²) >= 11 is 0. The Morgan fingerprint density at radius 2 is 1.23 bits per heavy atom. The molecular weight excluding hydrogens is 778 g/mol. The van der Waals surface area contributed by atoms with Crippen LogP contribution in [0.25, 0.3) is 0 Å². The molecule has 0 spiro atoms. The van der Waals surface area contributed by atoms with Crippen LogP contribution in [0.4, 0.5) is 10.7 Å². The van der Waals surface area contributed by atoms with Crippen LogP contribution in [0.1, 0.15) is 25.5 Å². The van der Waals surface area contributed by atoms with Crippen molar-refractivity contribution in [3.05, 3.63) is 16.8 Å². The van der Waals surface area contributed by atoms with Gasteiger partial charge in [0, 0.05) is 38.0 Å². The number of carbonyl (C=O) groups excluding carboxylic acids is 1. The Balaban J connectivity index is 0. The zero-order valence-corrected chi connectivity index (χ0v) is 30.2. The smallest absolute Gasteiger partial charge is 0.446 e. The third-order valence-corrected chi connectivity index (χ3v) is 5.62.